The molecule has 0 amide bonds. The number of nitro groups is 1. The number of carbonyl (C=O) groups is 2. The fraction of sp³-hybridized carbons (Fsp3) is 0.429. The normalized spacial score (nSPS) is 11.8. The Kier molecular flexibility index (Phi) is 6.46. The van der Waals surface area contributed by atoms with E-state index >= 15 is 0 Å². The molecular weight excluding hydrogens is 294 g/mol. The first-order valence-electron chi connectivity index (χ1n) is 6.68. The number of benzene rings is 1. The van der Waals surface area contributed by atoms with Gasteiger partial charge in [0.25, 0.3) is 5.69 Å². The summed E-state index contributed by atoms with van der Waals surface area (Å²) in [6, 6.07) is 4.89. The van der Waals surface area contributed by atoms with Gasteiger partial charge in [-0.25, -0.2) is 0 Å². The second-order valence-electron chi connectivity index (χ2n) is 4.28. The molecule has 0 saturated carbocycles. The molecule has 0 aromatic heterocycles. The molecule has 120 valence electrons. The van der Waals surface area contributed by atoms with E-state index in [2.05, 4.69) is 0 Å². The highest BCUT2D eigenvalue weighted by molar-refractivity contribution is 5.95. The van der Waals surface area contributed by atoms with Crippen LogP contribution < -0.4 is 0 Å². The van der Waals surface area contributed by atoms with Crippen LogP contribution >= 0.6 is 0 Å². The summed E-state index contributed by atoms with van der Waals surface area (Å²) in [5, 5.41) is 20.8. The van der Waals surface area contributed by atoms with Crippen LogP contribution in [0.1, 0.15) is 25.5 Å². The molecule has 0 aliphatic carbocycles. The molecule has 1 aromatic carbocycles. The third-order valence-electron chi connectivity index (χ3n) is 2.84. The van der Waals surface area contributed by atoms with Crippen LogP contribution in [0.15, 0.2) is 24.3 Å². The van der Waals surface area contributed by atoms with Gasteiger partial charge in [-0.2, -0.15) is 0 Å². The summed E-state index contributed by atoms with van der Waals surface area (Å²) < 4.78 is 9.54. The molecule has 0 fully saturated rings. The number of aliphatic hydroxyl groups is 1. The van der Waals surface area contributed by atoms with E-state index < -0.39 is 28.9 Å². The Morgan fingerprint density at radius 2 is 1.59 bits per heavy atom. The number of aliphatic hydroxyl groups excluding tert-OH is 1. The minimum absolute atomic E-state index is 0.0434. The van der Waals surface area contributed by atoms with Crippen molar-refractivity contribution < 1.29 is 29.1 Å². The number of hydrogen-bond donors (Lipinski definition) is 1. The number of nitrogens with zero attached hydrogens (tertiary/aromatic N) is 1. The minimum atomic E-state index is -1.54. The van der Waals surface area contributed by atoms with E-state index in [4.69, 9.17) is 9.47 Å². The molecule has 22 heavy (non-hydrogen) atoms. The van der Waals surface area contributed by atoms with Crippen molar-refractivity contribution in [3.05, 3.63) is 39.9 Å². The molecule has 8 nitrogen and oxygen atoms in total. The molecule has 0 saturated heterocycles. The van der Waals surface area contributed by atoms with E-state index in [1.807, 2.05) is 0 Å². The molecule has 0 spiro atoms. The highest BCUT2D eigenvalue weighted by atomic mass is 16.6. The Morgan fingerprint density at radius 1 is 1.14 bits per heavy atom. The van der Waals surface area contributed by atoms with Crippen molar-refractivity contribution in [3.63, 3.8) is 0 Å². The Bertz CT molecular complexity index is 523. The average Bonchev–Trinajstić information content (AvgIpc) is 2.48. The first-order valence-corrected chi connectivity index (χ1v) is 6.68. The number of esters is 2. The average molecular weight is 311 g/mol. The third-order valence-corrected chi connectivity index (χ3v) is 2.84. The molecular formula is C14H17NO7. The van der Waals surface area contributed by atoms with Gasteiger partial charge in [0, 0.05) is 12.1 Å². The summed E-state index contributed by atoms with van der Waals surface area (Å²) >= 11 is 0. The lowest BCUT2D eigenvalue weighted by molar-refractivity contribution is -0.384. The predicted octanol–water partition coefficient (Wildman–Crippen LogP) is 1.37. The number of nitro benzene ring substituents is 1. The van der Waals surface area contributed by atoms with E-state index in [1.165, 1.54) is 24.3 Å². The summed E-state index contributed by atoms with van der Waals surface area (Å²) in [6.07, 6.45) is -1.51. The molecule has 0 heterocycles. The van der Waals surface area contributed by atoms with Crippen LogP contribution in [0.3, 0.4) is 0 Å². The summed E-state index contributed by atoms with van der Waals surface area (Å²) in [7, 11) is 0. The zero-order chi connectivity index (χ0) is 16.7. The van der Waals surface area contributed by atoms with Crippen LogP contribution in [-0.2, 0) is 19.1 Å². The van der Waals surface area contributed by atoms with Gasteiger partial charge in [-0.1, -0.05) is 0 Å². The van der Waals surface area contributed by atoms with Crippen LogP contribution in [0.4, 0.5) is 5.69 Å². The number of non-ortho nitro benzene ring substituents is 1. The van der Waals surface area contributed by atoms with Crippen molar-refractivity contribution in [2.45, 2.75) is 20.0 Å². The van der Waals surface area contributed by atoms with Gasteiger partial charge in [-0.3, -0.25) is 19.7 Å². The van der Waals surface area contributed by atoms with Crippen LogP contribution in [0.25, 0.3) is 0 Å². The van der Waals surface area contributed by atoms with Gasteiger partial charge in [-0.15, -0.1) is 0 Å². The molecule has 1 aromatic rings. The van der Waals surface area contributed by atoms with Crippen molar-refractivity contribution in [1.82, 2.24) is 0 Å². The summed E-state index contributed by atoms with van der Waals surface area (Å²) in [5.74, 6) is -3.36. The lowest BCUT2D eigenvalue weighted by atomic mass is 9.95. The maximum absolute atomic E-state index is 11.9. The molecule has 1 unspecified atom stereocenters. The standard InChI is InChI=1S/C14H17NO7/c1-3-21-13(17)11(14(18)22-4-2)12(16)9-5-7-10(8-6-9)15(19)20/h5-8,11-12,16H,3-4H2,1-2H3. The van der Waals surface area contributed by atoms with E-state index in [-0.39, 0.29) is 24.5 Å². The lowest BCUT2D eigenvalue weighted by Gasteiger charge is -2.20. The Labute approximate surface area is 126 Å². The highest BCUT2D eigenvalue weighted by Crippen LogP contribution is 2.26. The van der Waals surface area contributed by atoms with E-state index in [9.17, 15) is 24.8 Å². The lowest BCUT2D eigenvalue weighted by Crippen LogP contribution is -2.33. The zero-order valence-electron chi connectivity index (χ0n) is 12.2. The Hall–Kier alpha value is -2.48. The number of carbonyl (C=O) groups excluding carboxylic acids is 2. The predicted molar refractivity (Wildman–Crippen MR) is 74.8 cm³/mol. The maximum Gasteiger partial charge on any atom is 0.323 e. The van der Waals surface area contributed by atoms with Gasteiger partial charge in [0.05, 0.1) is 18.1 Å². The van der Waals surface area contributed by atoms with Crippen molar-refractivity contribution in [1.29, 1.82) is 0 Å². The smallest absolute Gasteiger partial charge is 0.323 e. The monoisotopic (exact) mass is 311 g/mol. The maximum atomic E-state index is 11.9. The molecule has 0 radical (unpaired) electrons. The van der Waals surface area contributed by atoms with E-state index in [0.717, 1.165) is 0 Å². The molecule has 8 heteroatoms. The second kappa shape index (κ2) is 8.08. The van der Waals surface area contributed by atoms with Crippen molar-refractivity contribution in [2.24, 2.45) is 5.92 Å². The van der Waals surface area contributed by atoms with Crippen LogP contribution in [0.2, 0.25) is 0 Å². The molecule has 1 rings (SSSR count). The fourth-order valence-corrected chi connectivity index (χ4v) is 1.80. The zero-order valence-corrected chi connectivity index (χ0v) is 12.2. The largest absolute Gasteiger partial charge is 0.465 e. The quantitative estimate of drug-likeness (QED) is 0.350. The van der Waals surface area contributed by atoms with Gasteiger partial charge in [0.15, 0.2) is 5.92 Å². The molecule has 0 bridgehead atoms. The Morgan fingerprint density at radius 3 is 1.95 bits per heavy atom. The topological polar surface area (TPSA) is 116 Å². The fourth-order valence-electron chi connectivity index (χ4n) is 1.80. The SMILES string of the molecule is CCOC(=O)C(C(=O)OCC)C(O)c1ccc([N+](=O)[O-])cc1. The highest BCUT2D eigenvalue weighted by Gasteiger charge is 2.37. The van der Waals surface area contributed by atoms with Crippen molar-refractivity contribution >= 4 is 17.6 Å². The van der Waals surface area contributed by atoms with E-state index in [1.54, 1.807) is 13.8 Å². The van der Waals surface area contributed by atoms with Gasteiger partial charge in [-0.05, 0) is 31.5 Å². The second-order valence-corrected chi connectivity index (χ2v) is 4.28. The van der Waals surface area contributed by atoms with Crippen molar-refractivity contribution in [2.75, 3.05) is 13.2 Å². The third kappa shape index (κ3) is 4.26. The van der Waals surface area contributed by atoms with Crippen molar-refractivity contribution in [3.8, 4) is 0 Å². The number of ether oxygens (including phenoxy) is 2. The first-order chi connectivity index (χ1) is 10.4. The summed E-state index contributed by atoms with van der Waals surface area (Å²) in [6.45, 7) is 3.22. The number of hydrogen-bond acceptors (Lipinski definition) is 7. The van der Waals surface area contributed by atoms with Gasteiger partial charge < -0.3 is 14.6 Å². The number of rotatable bonds is 7. The molecule has 1 N–H and O–H groups in total. The van der Waals surface area contributed by atoms with Crippen LogP contribution in [-0.4, -0.2) is 35.2 Å². The molecule has 0 aliphatic heterocycles. The molecule has 0 aliphatic rings. The van der Waals surface area contributed by atoms with E-state index in [0.29, 0.717) is 0 Å². The van der Waals surface area contributed by atoms with Gasteiger partial charge in [0.2, 0.25) is 0 Å². The molecule has 1 atom stereocenters. The van der Waals surface area contributed by atoms with Gasteiger partial charge in [0.1, 0.15) is 6.10 Å². The Balaban J connectivity index is 3.04. The van der Waals surface area contributed by atoms with Gasteiger partial charge >= 0.3 is 11.9 Å². The first kappa shape index (κ1) is 17.6. The summed E-state index contributed by atoms with van der Waals surface area (Å²) in [4.78, 5) is 33.7. The summed E-state index contributed by atoms with van der Waals surface area (Å²) in [5.41, 5.74) is 0.0106. The van der Waals surface area contributed by atoms with Crippen LogP contribution in [0, 0.1) is 16.0 Å². The van der Waals surface area contributed by atoms with Crippen LogP contribution in [0.5, 0.6) is 0 Å². The minimum Gasteiger partial charge on any atom is -0.465 e.